The second-order valence-electron chi connectivity index (χ2n) is 7.01. The lowest BCUT2D eigenvalue weighted by Crippen LogP contribution is -2.52. The van der Waals surface area contributed by atoms with Crippen molar-refractivity contribution in [1.29, 1.82) is 5.53 Å². The summed E-state index contributed by atoms with van der Waals surface area (Å²) in [5.41, 5.74) is 7.73. The number of carbonyl (C=O) groups is 3. The van der Waals surface area contributed by atoms with Gasteiger partial charge in [-0.1, -0.05) is 44.2 Å². The molecule has 0 bridgehead atoms. The van der Waals surface area contributed by atoms with Gasteiger partial charge in [0.25, 0.3) is 0 Å². The Hall–Kier alpha value is -2.42. The van der Waals surface area contributed by atoms with Crippen molar-refractivity contribution in [3.05, 3.63) is 35.9 Å². The maximum absolute atomic E-state index is 12.8. The molecule has 0 aromatic heterocycles. The second-order valence-corrected chi connectivity index (χ2v) is 8.00. The number of carbonyl (C=O) groups excluding carboxylic acids is 3. The second kappa shape index (κ2) is 13.7. The van der Waals surface area contributed by atoms with Gasteiger partial charge in [0, 0.05) is 0 Å². The van der Waals surface area contributed by atoms with Gasteiger partial charge >= 0.3 is 6.09 Å². The zero-order valence-corrected chi connectivity index (χ0v) is 18.0. The Labute approximate surface area is 176 Å². The standard InChI is InChI=1S/C20H30N4O4S/c1-14(2)11-17(24-20(27)28-13-15-7-5-4-6-8-15)19(26)23-16(9-10-29-3)18(25)12-22-21/h4-8,14,16-17,21H,9-13H2,1-3H3,(H,23,26)(H,24,27). The predicted molar refractivity (Wildman–Crippen MR) is 113 cm³/mol. The molecule has 0 aliphatic heterocycles. The number of ketones is 1. The molecule has 0 aliphatic carbocycles. The molecule has 2 unspecified atom stereocenters. The molecule has 0 radical (unpaired) electrons. The van der Waals surface area contributed by atoms with E-state index in [1.54, 1.807) is 11.8 Å². The van der Waals surface area contributed by atoms with Gasteiger partial charge in [0.15, 0.2) is 5.78 Å². The number of Topliss-reactive ketones (excluding diaryl/α,β-unsaturated/α-hetero) is 1. The van der Waals surface area contributed by atoms with Gasteiger partial charge in [-0.25, -0.2) is 10.3 Å². The molecule has 0 heterocycles. The highest BCUT2D eigenvalue weighted by molar-refractivity contribution is 7.98. The number of hydrogen-bond donors (Lipinski definition) is 3. The van der Waals surface area contributed by atoms with Gasteiger partial charge < -0.3 is 15.4 Å². The van der Waals surface area contributed by atoms with Gasteiger partial charge in [-0.05, 0) is 36.3 Å². The van der Waals surface area contributed by atoms with Gasteiger partial charge in [-0.3, -0.25) is 9.59 Å². The first-order chi connectivity index (χ1) is 13.9. The van der Waals surface area contributed by atoms with Crippen LogP contribution in [-0.4, -0.2) is 48.4 Å². The molecule has 0 fully saturated rings. The zero-order chi connectivity index (χ0) is 21.6. The van der Waals surface area contributed by atoms with E-state index in [1.165, 1.54) is 0 Å². The van der Waals surface area contributed by atoms with Gasteiger partial charge in [0.1, 0.15) is 19.2 Å². The normalized spacial score (nSPS) is 12.7. The molecule has 0 saturated heterocycles. The highest BCUT2D eigenvalue weighted by atomic mass is 32.2. The quantitative estimate of drug-likeness (QED) is 0.422. The van der Waals surface area contributed by atoms with Gasteiger partial charge in [0.2, 0.25) is 5.91 Å². The van der Waals surface area contributed by atoms with E-state index in [0.29, 0.717) is 18.6 Å². The average Bonchev–Trinajstić information content (AvgIpc) is 2.69. The summed E-state index contributed by atoms with van der Waals surface area (Å²) in [6.07, 6.45) is 2.05. The SMILES string of the molecule is CSCCC(NC(=O)C(CC(C)C)NC(=O)OCc1ccccc1)C(=O)CN=N. The summed E-state index contributed by atoms with van der Waals surface area (Å²) in [4.78, 5) is 37.1. The van der Waals surface area contributed by atoms with Crippen LogP contribution in [0.2, 0.25) is 0 Å². The number of amides is 2. The third-order valence-corrected chi connectivity index (χ3v) is 4.72. The fraction of sp³-hybridized carbons (Fsp3) is 0.550. The minimum Gasteiger partial charge on any atom is -0.445 e. The van der Waals surface area contributed by atoms with E-state index in [9.17, 15) is 14.4 Å². The maximum atomic E-state index is 12.8. The lowest BCUT2D eigenvalue weighted by atomic mass is 10.0. The first-order valence-electron chi connectivity index (χ1n) is 9.49. The molecular formula is C20H30N4O4S. The molecule has 1 aromatic rings. The van der Waals surface area contributed by atoms with Crippen molar-refractivity contribution >= 4 is 29.5 Å². The Morgan fingerprint density at radius 3 is 2.41 bits per heavy atom. The predicted octanol–water partition coefficient (Wildman–Crippen LogP) is 3.17. The van der Waals surface area contributed by atoms with Crippen LogP contribution in [0.1, 0.15) is 32.3 Å². The number of alkyl carbamates (subject to hydrolysis) is 1. The van der Waals surface area contributed by atoms with Crippen LogP contribution in [0.15, 0.2) is 35.4 Å². The summed E-state index contributed by atoms with van der Waals surface area (Å²) in [5.74, 6) is 0.0525. The number of benzene rings is 1. The van der Waals surface area contributed by atoms with Crippen LogP contribution < -0.4 is 10.6 Å². The van der Waals surface area contributed by atoms with Crippen molar-refractivity contribution < 1.29 is 19.1 Å². The molecule has 1 rings (SSSR count). The largest absolute Gasteiger partial charge is 0.445 e. The number of ether oxygens (including phenoxy) is 1. The number of hydrogen-bond acceptors (Lipinski definition) is 7. The van der Waals surface area contributed by atoms with E-state index in [-0.39, 0.29) is 24.9 Å². The van der Waals surface area contributed by atoms with E-state index in [2.05, 4.69) is 15.7 Å². The summed E-state index contributed by atoms with van der Waals surface area (Å²) >= 11 is 1.56. The van der Waals surface area contributed by atoms with E-state index in [1.807, 2.05) is 50.4 Å². The Morgan fingerprint density at radius 2 is 1.83 bits per heavy atom. The number of nitrogens with zero attached hydrogens (tertiary/aromatic N) is 1. The van der Waals surface area contributed by atoms with Crippen molar-refractivity contribution in [2.45, 2.75) is 45.4 Å². The maximum Gasteiger partial charge on any atom is 0.408 e. The Morgan fingerprint density at radius 1 is 1.14 bits per heavy atom. The summed E-state index contributed by atoms with van der Waals surface area (Å²) < 4.78 is 5.21. The molecule has 160 valence electrons. The van der Waals surface area contributed by atoms with Crippen LogP contribution in [0.3, 0.4) is 0 Å². The van der Waals surface area contributed by atoms with Crippen LogP contribution in [0, 0.1) is 11.4 Å². The highest BCUT2D eigenvalue weighted by Gasteiger charge is 2.27. The molecule has 0 aliphatic rings. The molecule has 2 amide bonds. The summed E-state index contributed by atoms with van der Waals surface area (Å²) in [5, 5.41) is 8.43. The zero-order valence-electron chi connectivity index (χ0n) is 17.1. The molecular weight excluding hydrogens is 392 g/mol. The first-order valence-corrected chi connectivity index (χ1v) is 10.9. The lowest BCUT2D eigenvalue weighted by Gasteiger charge is -2.23. The molecule has 29 heavy (non-hydrogen) atoms. The fourth-order valence-electron chi connectivity index (χ4n) is 2.62. The van der Waals surface area contributed by atoms with Crippen molar-refractivity contribution in [1.82, 2.24) is 10.6 Å². The van der Waals surface area contributed by atoms with Crippen LogP contribution in [0.4, 0.5) is 4.79 Å². The topological polar surface area (TPSA) is 121 Å². The van der Waals surface area contributed by atoms with Crippen LogP contribution >= 0.6 is 11.8 Å². The molecule has 0 spiro atoms. The summed E-state index contributed by atoms with van der Waals surface area (Å²) in [6, 6.07) is 7.68. The Balaban J connectivity index is 2.72. The number of rotatable bonds is 13. The number of thioether (sulfide) groups is 1. The summed E-state index contributed by atoms with van der Waals surface area (Å²) in [7, 11) is 0. The smallest absolute Gasteiger partial charge is 0.408 e. The fourth-order valence-corrected chi connectivity index (χ4v) is 3.09. The van der Waals surface area contributed by atoms with Crippen LogP contribution in [0.5, 0.6) is 0 Å². The van der Waals surface area contributed by atoms with Gasteiger partial charge in [-0.15, -0.1) is 0 Å². The Bertz CT molecular complexity index is 670. The van der Waals surface area contributed by atoms with Crippen molar-refractivity contribution in [3.63, 3.8) is 0 Å². The average molecular weight is 423 g/mol. The van der Waals surface area contributed by atoms with Crippen LogP contribution in [0.25, 0.3) is 0 Å². The van der Waals surface area contributed by atoms with E-state index >= 15 is 0 Å². The summed E-state index contributed by atoms with van der Waals surface area (Å²) in [6.45, 7) is 3.70. The minimum atomic E-state index is -0.823. The first kappa shape index (κ1) is 24.6. The van der Waals surface area contributed by atoms with Crippen molar-refractivity contribution in [3.8, 4) is 0 Å². The molecule has 3 N–H and O–H groups in total. The molecule has 1 aromatic carbocycles. The number of nitrogens with one attached hydrogen (secondary N) is 3. The van der Waals surface area contributed by atoms with Crippen molar-refractivity contribution in [2.24, 2.45) is 11.0 Å². The third kappa shape index (κ3) is 10.1. The van der Waals surface area contributed by atoms with E-state index in [4.69, 9.17) is 10.3 Å². The van der Waals surface area contributed by atoms with Crippen LogP contribution in [-0.2, 0) is 20.9 Å². The highest BCUT2D eigenvalue weighted by Crippen LogP contribution is 2.09. The van der Waals surface area contributed by atoms with Crippen molar-refractivity contribution in [2.75, 3.05) is 18.6 Å². The molecule has 2 atom stereocenters. The molecule has 0 saturated carbocycles. The minimum absolute atomic E-state index is 0.0997. The molecule has 8 nitrogen and oxygen atoms in total. The Kier molecular flexibility index (Phi) is 11.6. The van der Waals surface area contributed by atoms with Gasteiger partial charge in [0.05, 0.1) is 6.04 Å². The van der Waals surface area contributed by atoms with E-state index in [0.717, 1.165) is 5.56 Å². The van der Waals surface area contributed by atoms with E-state index < -0.39 is 24.1 Å². The lowest BCUT2D eigenvalue weighted by molar-refractivity contribution is -0.128. The molecule has 9 heteroatoms. The van der Waals surface area contributed by atoms with Gasteiger partial charge in [-0.2, -0.15) is 16.9 Å². The third-order valence-electron chi connectivity index (χ3n) is 4.08. The monoisotopic (exact) mass is 422 g/mol.